The number of rotatable bonds is 4. The molecule has 2 rings (SSSR count). The van der Waals surface area contributed by atoms with Gasteiger partial charge in [-0.05, 0) is 57.8 Å². The summed E-state index contributed by atoms with van der Waals surface area (Å²) in [4.78, 5) is 14.3. The van der Waals surface area contributed by atoms with Crippen LogP contribution in [0.5, 0.6) is 5.75 Å². The van der Waals surface area contributed by atoms with Gasteiger partial charge in [0.25, 0.3) is 5.91 Å². The number of hydrogen-bond donors (Lipinski definition) is 2. The van der Waals surface area contributed by atoms with Gasteiger partial charge in [0, 0.05) is 12.6 Å². The zero-order valence-electron chi connectivity index (χ0n) is 12.6. The lowest BCUT2D eigenvalue weighted by Crippen LogP contribution is -2.44. The van der Waals surface area contributed by atoms with E-state index in [4.69, 9.17) is 0 Å². The fourth-order valence-corrected chi connectivity index (χ4v) is 2.75. The molecule has 1 fully saturated rings. The van der Waals surface area contributed by atoms with E-state index in [9.17, 15) is 14.3 Å². The van der Waals surface area contributed by atoms with Crippen molar-refractivity contribution in [2.75, 3.05) is 19.6 Å². The SMILES string of the molecule is CC(C)N(CC1CCCNC1)C(=O)c1c(O)cccc1F. The Kier molecular flexibility index (Phi) is 5.17. The van der Waals surface area contributed by atoms with E-state index in [1.165, 1.54) is 18.2 Å². The molecule has 1 aromatic carbocycles. The predicted molar refractivity (Wildman–Crippen MR) is 79.8 cm³/mol. The summed E-state index contributed by atoms with van der Waals surface area (Å²) in [6, 6.07) is 3.90. The zero-order chi connectivity index (χ0) is 15.4. The normalized spacial score (nSPS) is 18.8. The first-order valence-electron chi connectivity index (χ1n) is 7.50. The zero-order valence-corrected chi connectivity index (χ0v) is 12.6. The number of nitrogens with zero attached hydrogens (tertiary/aromatic N) is 1. The number of hydrogen-bond acceptors (Lipinski definition) is 3. The smallest absolute Gasteiger partial charge is 0.260 e. The van der Waals surface area contributed by atoms with Gasteiger partial charge in [-0.25, -0.2) is 4.39 Å². The van der Waals surface area contributed by atoms with Gasteiger partial charge in [0.1, 0.15) is 17.1 Å². The number of piperidine rings is 1. The second-order valence-electron chi connectivity index (χ2n) is 5.90. The van der Waals surface area contributed by atoms with E-state index in [1.54, 1.807) is 4.90 Å². The summed E-state index contributed by atoms with van der Waals surface area (Å²) in [5.74, 6) is -1.04. The topological polar surface area (TPSA) is 52.6 Å². The molecule has 5 heteroatoms. The molecule has 1 aliphatic rings. The van der Waals surface area contributed by atoms with E-state index in [-0.39, 0.29) is 17.4 Å². The number of benzene rings is 1. The van der Waals surface area contributed by atoms with E-state index in [0.717, 1.165) is 25.9 Å². The van der Waals surface area contributed by atoms with Crippen LogP contribution in [-0.2, 0) is 0 Å². The van der Waals surface area contributed by atoms with Crippen LogP contribution >= 0.6 is 0 Å². The Hall–Kier alpha value is -1.62. The third-order valence-corrected chi connectivity index (χ3v) is 3.94. The average molecular weight is 294 g/mol. The van der Waals surface area contributed by atoms with Crippen LogP contribution in [0, 0.1) is 11.7 Å². The maximum atomic E-state index is 13.9. The van der Waals surface area contributed by atoms with Crippen molar-refractivity contribution in [3.8, 4) is 5.75 Å². The van der Waals surface area contributed by atoms with E-state index < -0.39 is 11.7 Å². The second kappa shape index (κ2) is 6.89. The van der Waals surface area contributed by atoms with Crippen molar-refractivity contribution in [1.29, 1.82) is 0 Å². The van der Waals surface area contributed by atoms with E-state index in [0.29, 0.717) is 12.5 Å². The molecule has 0 spiro atoms. The van der Waals surface area contributed by atoms with Gasteiger partial charge in [-0.1, -0.05) is 6.07 Å². The second-order valence-corrected chi connectivity index (χ2v) is 5.90. The quantitative estimate of drug-likeness (QED) is 0.896. The molecule has 1 unspecified atom stereocenters. The van der Waals surface area contributed by atoms with Crippen LogP contribution in [0.3, 0.4) is 0 Å². The summed E-state index contributed by atoms with van der Waals surface area (Å²) in [5.41, 5.74) is -0.227. The van der Waals surface area contributed by atoms with Gasteiger partial charge in [-0.15, -0.1) is 0 Å². The highest BCUT2D eigenvalue weighted by Crippen LogP contribution is 2.24. The summed E-state index contributed by atoms with van der Waals surface area (Å²) in [6.07, 6.45) is 2.16. The number of phenolic OH excluding ortho intramolecular Hbond substituents is 1. The van der Waals surface area contributed by atoms with E-state index in [2.05, 4.69) is 5.32 Å². The van der Waals surface area contributed by atoms with Gasteiger partial charge in [-0.3, -0.25) is 4.79 Å². The van der Waals surface area contributed by atoms with Crippen molar-refractivity contribution in [3.05, 3.63) is 29.6 Å². The Balaban J connectivity index is 2.19. The lowest BCUT2D eigenvalue weighted by atomic mass is 9.98. The summed E-state index contributed by atoms with van der Waals surface area (Å²) in [5, 5.41) is 13.1. The number of phenols is 1. The highest BCUT2D eigenvalue weighted by Gasteiger charge is 2.27. The number of halogens is 1. The molecular formula is C16H23FN2O2. The minimum Gasteiger partial charge on any atom is -0.507 e. The maximum Gasteiger partial charge on any atom is 0.260 e. The molecule has 0 aromatic heterocycles. The van der Waals surface area contributed by atoms with Crippen LogP contribution < -0.4 is 5.32 Å². The third kappa shape index (κ3) is 3.73. The highest BCUT2D eigenvalue weighted by atomic mass is 19.1. The summed E-state index contributed by atoms with van der Waals surface area (Å²) < 4.78 is 13.9. The van der Waals surface area contributed by atoms with Gasteiger partial charge in [0.2, 0.25) is 0 Å². The van der Waals surface area contributed by atoms with Gasteiger partial charge in [-0.2, -0.15) is 0 Å². The third-order valence-electron chi connectivity index (χ3n) is 3.94. The van der Waals surface area contributed by atoms with Crippen LogP contribution in [0.4, 0.5) is 4.39 Å². The minimum atomic E-state index is -0.674. The molecule has 0 radical (unpaired) electrons. The molecule has 0 aliphatic carbocycles. The Morgan fingerprint density at radius 1 is 1.52 bits per heavy atom. The number of carbonyl (C=O) groups excluding carboxylic acids is 1. The van der Waals surface area contributed by atoms with Crippen molar-refractivity contribution >= 4 is 5.91 Å². The summed E-state index contributed by atoms with van der Waals surface area (Å²) >= 11 is 0. The molecule has 0 bridgehead atoms. The van der Waals surface area contributed by atoms with Gasteiger partial charge < -0.3 is 15.3 Å². The molecule has 1 amide bonds. The number of amides is 1. The van der Waals surface area contributed by atoms with Crippen LogP contribution in [0.15, 0.2) is 18.2 Å². The van der Waals surface area contributed by atoms with Crippen LogP contribution in [0.2, 0.25) is 0 Å². The van der Waals surface area contributed by atoms with Gasteiger partial charge in [0.05, 0.1) is 0 Å². The van der Waals surface area contributed by atoms with Crippen molar-refractivity contribution in [3.63, 3.8) is 0 Å². The molecule has 0 saturated carbocycles. The lowest BCUT2D eigenvalue weighted by Gasteiger charge is -2.33. The van der Waals surface area contributed by atoms with Crippen molar-refractivity contribution < 1.29 is 14.3 Å². The Morgan fingerprint density at radius 3 is 2.86 bits per heavy atom. The number of aromatic hydroxyl groups is 1. The Bertz CT molecular complexity index is 479. The predicted octanol–water partition coefficient (Wildman–Crippen LogP) is 2.38. The molecule has 1 aliphatic heterocycles. The van der Waals surface area contributed by atoms with Crippen molar-refractivity contribution in [1.82, 2.24) is 10.2 Å². The minimum absolute atomic E-state index is 0.0431. The van der Waals surface area contributed by atoms with E-state index >= 15 is 0 Å². The molecule has 2 N–H and O–H groups in total. The average Bonchev–Trinajstić information content (AvgIpc) is 2.45. The fourth-order valence-electron chi connectivity index (χ4n) is 2.75. The first kappa shape index (κ1) is 15.8. The first-order valence-corrected chi connectivity index (χ1v) is 7.50. The van der Waals surface area contributed by atoms with E-state index in [1.807, 2.05) is 13.8 Å². The number of carbonyl (C=O) groups is 1. The maximum absolute atomic E-state index is 13.9. The molecule has 21 heavy (non-hydrogen) atoms. The largest absolute Gasteiger partial charge is 0.507 e. The lowest BCUT2D eigenvalue weighted by molar-refractivity contribution is 0.0653. The number of nitrogens with one attached hydrogen (secondary N) is 1. The molecule has 1 saturated heterocycles. The molecule has 1 heterocycles. The molecule has 1 aromatic rings. The first-order chi connectivity index (χ1) is 10.0. The molecule has 1 atom stereocenters. The summed E-state index contributed by atoms with van der Waals surface area (Å²) in [6.45, 7) is 6.29. The monoisotopic (exact) mass is 294 g/mol. The molecular weight excluding hydrogens is 271 g/mol. The molecule has 4 nitrogen and oxygen atoms in total. The standard InChI is InChI=1S/C16H23FN2O2/c1-11(2)19(10-12-5-4-8-18-9-12)16(21)15-13(17)6-3-7-14(15)20/h3,6-7,11-12,18,20H,4-5,8-10H2,1-2H3. The van der Waals surface area contributed by atoms with Gasteiger partial charge in [0.15, 0.2) is 0 Å². The fraction of sp³-hybridized carbons (Fsp3) is 0.562. The van der Waals surface area contributed by atoms with Crippen molar-refractivity contribution in [2.45, 2.75) is 32.7 Å². The summed E-state index contributed by atoms with van der Waals surface area (Å²) in [7, 11) is 0. The Morgan fingerprint density at radius 2 is 2.29 bits per heavy atom. The van der Waals surface area contributed by atoms with Gasteiger partial charge >= 0.3 is 0 Å². The van der Waals surface area contributed by atoms with Crippen molar-refractivity contribution in [2.24, 2.45) is 5.92 Å². The van der Waals surface area contributed by atoms with Crippen LogP contribution in [0.1, 0.15) is 37.0 Å². The Labute approximate surface area is 125 Å². The highest BCUT2D eigenvalue weighted by molar-refractivity contribution is 5.97. The molecule has 116 valence electrons. The van der Waals surface area contributed by atoms with Crippen LogP contribution in [0.25, 0.3) is 0 Å². The van der Waals surface area contributed by atoms with Crippen LogP contribution in [-0.4, -0.2) is 41.6 Å².